The zero-order valence-electron chi connectivity index (χ0n) is 10.3. The number of imidazole rings is 1. The van der Waals surface area contributed by atoms with Crippen molar-refractivity contribution < 1.29 is 4.39 Å². The Morgan fingerprint density at radius 3 is 2.65 bits per heavy atom. The molecule has 0 saturated carbocycles. The molecule has 1 aromatic carbocycles. The van der Waals surface area contributed by atoms with Crippen molar-refractivity contribution in [1.29, 1.82) is 0 Å². The van der Waals surface area contributed by atoms with Gasteiger partial charge in [-0.2, -0.15) is 0 Å². The van der Waals surface area contributed by atoms with Crippen LogP contribution in [-0.2, 0) is 12.4 Å². The van der Waals surface area contributed by atoms with E-state index in [2.05, 4.69) is 25.8 Å². The van der Waals surface area contributed by atoms with Crippen molar-refractivity contribution in [3.8, 4) is 0 Å². The van der Waals surface area contributed by atoms with Gasteiger partial charge in [0.2, 0.25) is 0 Å². The number of nitrogens with zero attached hydrogens (tertiary/aromatic N) is 2. The lowest BCUT2D eigenvalue weighted by Crippen LogP contribution is -2.17. The van der Waals surface area contributed by atoms with Crippen LogP contribution in [0.4, 0.5) is 4.39 Å². The summed E-state index contributed by atoms with van der Waals surface area (Å²) in [6.45, 7) is 7.18. The standard InChI is InChI=1S/C13H16ClFN2/c1-13(2,3)8-17-11-6-9(15)4-5-10(11)16-12(17)7-14/h4-6H,7-8H2,1-3H3. The fourth-order valence-corrected chi connectivity index (χ4v) is 2.10. The quantitative estimate of drug-likeness (QED) is 0.742. The predicted molar refractivity (Wildman–Crippen MR) is 68.7 cm³/mol. The Morgan fingerprint density at radius 2 is 2.06 bits per heavy atom. The Balaban J connectivity index is 2.60. The summed E-state index contributed by atoms with van der Waals surface area (Å²) in [5, 5.41) is 0. The highest BCUT2D eigenvalue weighted by Gasteiger charge is 2.17. The first kappa shape index (κ1) is 12.4. The van der Waals surface area contributed by atoms with Crippen LogP contribution in [0.1, 0.15) is 26.6 Å². The number of hydrogen-bond acceptors (Lipinski definition) is 1. The fourth-order valence-electron chi connectivity index (χ4n) is 1.90. The van der Waals surface area contributed by atoms with Crippen LogP contribution in [0.2, 0.25) is 0 Å². The lowest BCUT2D eigenvalue weighted by atomic mass is 9.97. The number of aromatic nitrogens is 2. The van der Waals surface area contributed by atoms with Crippen molar-refractivity contribution in [2.24, 2.45) is 5.41 Å². The summed E-state index contributed by atoms with van der Waals surface area (Å²) in [7, 11) is 0. The van der Waals surface area contributed by atoms with Crippen molar-refractivity contribution in [2.45, 2.75) is 33.2 Å². The monoisotopic (exact) mass is 254 g/mol. The fraction of sp³-hybridized carbons (Fsp3) is 0.462. The van der Waals surface area contributed by atoms with Crippen molar-refractivity contribution in [3.05, 3.63) is 29.8 Å². The highest BCUT2D eigenvalue weighted by Crippen LogP contribution is 2.24. The average Bonchev–Trinajstić information content (AvgIpc) is 2.54. The molecule has 1 aromatic heterocycles. The normalized spacial score (nSPS) is 12.3. The van der Waals surface area contributed by atoms with E-state index < -0.39 is 0 Å². The zero-order valence-corrected chi connectivity index (χ0v) is 11.1. The smallest absolute Gasteiger partial charge is 0.125 e. The van der Waals surface area contributed by atoms with E-state index in [4.69, 9.17) is 11.6 Å². The Bertz CT molecular complexity index is 540. The molecule has 0 aliphatic carbocycles. The van der Waals surface area contributed by atoms with Crippen molar-refractivity contribution in [2.75, 3.05) is 0 Å². The highest BCUT2D eigenvalue weighted by atomic mass is 35.5. The van der Waals surface area contributed by atoms with E-state index in [0.717, 1.165) is 23.4 Å². The summed E-state index contributed by atoms with van der Waals surface area (Å²) in [5.41, 5.74) is 1.71. The molecule has 0 bridgehead atoms. The van der Waals surface area contributed by atoms with Gasteiger partial charge in [-0.1, -0.05) is 20.8 Å². The third kappa shape index (κ3) is 2.60. The van der Waals surface area contributed by atoms with Crippen LogP contribution in [-0.4, -0.2) is 9.55 Å². The molecule has 0 atom stereocenters. The highest BCUT2D eigenvalue weighted by molar-refractivity contribution is 6.16. The van der Waals surface area contributed by atoms with E-state index in [0.29, 0.717) is 5.88 Å². The van der Waals surface area contributed by atoms with Crippen LogP contribution in [0, 0.1) is 11.2 Å². The van der Waals surface area contributed by atoms with Crippen LogP contribution in [0.5, 0.6) is 0 Å². The predicted octanol–water partition coefficient (Wildman–Crippen LogP) is 3.96. The minimum Gasteiger partial charge on any atom is -0.326 e. The van der Waals surface area contributed by atoms with Crippen LogP contribution in [0.15, 0.2) is 18.2 Å². The molecule has 0 amide bonds. The second-order valence-electron chi connectivity index (χ2n) is 5.44. The lowest BCUT2D eigenvalue weighted by molar-refractivity contribution is 0.344. The van der Waals surface area contributed by atoms with Gasteiger partial charge in [0.1, 0.15) is 11.6 Å². The van der Waals surface area contributed by atoms with Crippen LogP contribution < -0.4 is 0 Å². The van der Waals surface area contributed by atoms with E-state index in [9.17, 15) is 4.39 Å². The second-order valence-corrected chi connectivity index (χ2v) is 5.71. The molecule has 1 heterocycles. The topological polar surface area (TPSA) is 17.8 Å². The molecule has 2 rings (SSSR count). The van der Waals surface area contributed by atoms with Gasteiger partial charge in [-0.25, -0.2) is 9.37 Å². The maximum atomic E-state index is 13.3. The molecule has 0 aliphatic heterocycles. The van der Waals surface area contributed by atoms with Crippen LogP contribution in [0.25, 0.3) is 11.0 Å². The number of benzene rings is 1. The van der Waals surface area contributed by atoms with E-state index in [1.54, 1.807) is 6.07 Å². The van der Waals surface area contributed by atoms with Gasteiger partial charge >= 0.3 is 0 Å². The average molecular weight is 255 g/mol. The molecule has 0 saturated heterocycles. The zero-order chi connectivity index (χ0) is 12.6. The number of halogens is 2. The minimum absolute atomic E-state index is 0.0980. The Labute approximate surface area is 105 Å². The van der Waals surface area contributed by atoms with Gasteiger partial charge in [-0.3, -0.25) is 0 Å². The van der Waals surface area contributed by atoms with E-state index >= 15 is 0 Å². The number of fused-ring (bicyclic) bond motifs is 1. The summed E-state index contributed by atoms with van der Waals surface area (Å²) in [6.07, 6.45) is 0. The van der Waals surface area contributed by atoms with Gasteiger partial charge in [-0.05, 0) is 23.6 Å². The molecule has 0 aliphatic rings. The molecule has 92 valence electrons. The number of alkyl halides is 1. The van der Waals surface area contributed by atoms with Crippen molar-refractivity contribution in [3.63, 3.8) is 0 Å². The summed E-state index contributed by atoms with van der Waals surface area (Å²) in [6, 6.07) is 4.64. The molecular formula is C13H16ClFN2. The van der Waals surface area contributed by atoms with Gasteiger partial charge in [0.15, 0.2) is 0 Å². The van der Waals surface area contributed by atoms with E-state index in [1.807, 2.05) is 4.57 Å². The first-order valence-electron chi connectivity index (χ1n) is 5.61. The number of rotatable bonds is 2. The molecule has 0 radical (unpaired) electrons. The Morgan fingerprint density at radius 1 is 1.35 bits per heavy atom. The largest absolute Gasteiger partial charge is 0.326 e. The molecule has 0 N–H and O–H groups in total. The summed E-state index contributed by atoms with van der Waals surface area (Å²) in [5.74, 6) is 0.891. The van der Waals surface area contributed by atoms with Crippen LogP contribution >= 0.6 is 11.6 Å². The number of hydrogen-bond donors (Lipinski definition) is 0. The molecule has 0 unspecified atom stereocenters. The Kier molecular flexibility index (Phi) is 3.13. The van der Waals surface area contributed by atoms with Crippen LogP contribution in [0.3, 0.4) is 0 Å². The molecule has 2 aromatic rings. The molecular weight excluding hydrogens is 239 g/mol. The molecule has 0 fully saturated rings. The third-order valence-corrected chi connectivity index (χ3v) is 2.78. The van der Waals surface area contributed by atoms with Gasteiger partial charge in [0.05, 0.1) is 16.9 Å². The van der Waals surface area contributed by atoms with Gasteiger partial charge in [0.25, 0.3) is 0 Å². The first-order valence-corrected chi connectivity index (χ1v) is 6.15. The molecule has 4 heteroatoms. The maximum absolute atomic E-state index is 13.3. The van der Waals surface area contributed by atoms with Gasteiger partial charge in [-0.15, -0.1) is 11.6 Å². The molecule has 17 heavy (non-hydrogen) atoms. The summed E-state index contributed by atoms with van der Waals surface area (Å²) < 4.78 is 15.3. The maximum Gasteiger partial charge on any atom is 0.125 e. The Hall–Kier alpha value is -1.09. The molecule has 2 nitrogen and oxygen atoms in total. The first-order chi connectivity index (χ1) is 7.90. The van der Waals surface area contributed by atoms with Gasteiger partial charge in [0, 0.05) is 6.54 Å². The molecule has 0 spiro atoms. The van der Waals surface area contributed by atoms with Gasteiger partial charge < -0.3 is 4.57 Å². The van der Waals surface area contributed by atoms with E-state index in [1.165, 1.54) is 12.1 Å². The summed E-state index contributed by atoms with van der Waals surface area (Å²) >= 11 is 5.90. The second kappa shape index (κ2) is 4.30. The summed E-state index contributed by atoms with van der Waals surface area (Å²) in [4.78, 5) is 4.42. The minimum atomic E-state index is -0.242. The SMILES string of the molecule is CC(C)(C)Cn1c(CCl)nc2ccc(F)cc21. The van der Waals surface area contributed by atoms with Crippen molar-refractivity contribution >= 4 is 22.6 Å². The van der Waals surface area contributed by atoms with Crippen molar-refractivity contribution in [1.82, 2.24) is 9.55 Å². The third-order valence-electron chi connectivity index (χ3n) is 2.54. The lowest BCUT2D eigenvalue weighted by Gasteiger charge is -2.20. The van der Waals surface area contributed by atoms with E-state index in [-0.39, 0.29) is 11.2 Å².